The number of nitrogens with one attached hydrogen (secondary N) is 1. The van der Waals surface area contributed by atoms with Crippen molar-refractivity contribution in [1.29, 1.82) is 0 Å². The van der Waals surface area contributed by atoms with Gasteiger partial charge < -0.3 is 0 Å². The van der Waals surface area contributed by atoms with Crippen molar-refractivity contribution in [1.82, 2.24) is 20.6 Å². The van der Waals surface area contributed by atoms with Crippen LogP contribution in [-0.2, 0) is 5.41 Å². The molecule has 0 amide bonds. The van der Waals surface area contributed by atoms with Gasteiger partial charge in [0, 0.05) is 5.41 Å². The van der Waals surface area contributed by atoms with E-state index in [2.05, 4.69) is 41.4 Å². The molecule has 13 heavy (non-hydrogen) atoms. The Labute approximate surface area is 79.1 Å². The zero-order valence-corrected chi connectivity index (χ0v) is 8.67. The van der Waals surface area contributed by atoms with Crippen molar-refractivity contribution in [2.24, 2.45) is 0 Å². The molecular formula is C9H18N4. The quantitative estimate of drug-likeness (QED) is 0.758. The maximum absolute atomic E-state index is 4.08. The summed E-state index contributed by atoms with van der Waals surface area (Å²) in [6.07, 6.45) is 4.57. The first-order chi connectivity index (χ1) is 6.23. The summed E-state index contributed by atoms with van der Waals surface area (Å²) in [7, 11) is 0. The SMILES string of the molecule is CCCC(C)(CCC)c1nn[nH]n1. The average molecular weight is 182 g/mol. The van der Waals surface area contributed by atoms with Gasteiger partial charge in [-0.15, -0.1) is 10.2 Å². The van der Waals surface area contributed by atoms with Crippen LogP contribution in [0, 0.1) is 0 Å². The lowest BCUT2D eigenvalue weighted by molar-refractivity contribution is 0.370. The Morgan fingerprint density at radius 1 is 1.23 bits per heavy atom. The number of H-pyrrole nitrogens is 1. The van der Waals surface area contributed by atoms with Crippen LogP contribution in [0.1, 0.15) is 52.3 Å². The number of aromatic nitrogens is 4. The summed E-state index contributed by atoms with van der Waals surface area (Å²) in [4.78, 5) is 0. The molecule has 0 bridgehead atoms. The number of aromatic amines is 1. The van der Waals surface area contributed by atoms with Crippen LogP contribution in [0.5, 0.6) is 0 Å². The zero-order chi connectivity index (χ0) is 9.73. The molecule has 0 fully saturated rings. The molecule has 1 aromatic heterocycles. The van der Waals surface area contributed by atoms with Gasteiger partial charge in [0.15, 0.2) is 5.82 Å². The molecule has 1 N–H and O–H groups in total. The van der Waals surface area contributed by atoms with Gasteiger partial charge in [-0.1, -0.05) is 38.8 Å². The molecule has 0 saturated heterocycles. The molecular weight excluding hydrogens is 164 g/mol. The fourth-order valence-corrected chi connectivity index (χ4v) is 1.87. The van der Waals surface area contributed by atoms with Crippen LogP contribution in [-0.4, -0.2) is 20.6 Å². The van der Waals surface area contributed by atoms with Crippen LogP contribution < -0.4 is 0 Å². The summed E-state index contributed by atoms with van der Waals surface area (Å²) in [5, 5.41) is 14.3. The maximum Gasteiger partial charge on any atom is 0.180 e. The van der Waals surface area contributed by atoms with Gasteiger partial charge >= 0.3 is 0 Å². The first kappa shape index (κ1) is 10.2. The van der Waals surface area contributed by atoms with Gasteiger partial charge in [0.05, 0.1) is 0 Å². The van der Waals surface area contributed by atoms with Crippen LogP contribution in [0.2, 0.25) is 0 Å². The van der Waals surface area contributed by atoms with Crippen molar-refractivity contribution >= 4 is 0 Å². The highest BCUT2D eigenvalue weighted by atomic mass is 15.5. The van der Waals surface area contributed by atoms with Crippen molar-refractivity contribution in [2.45, 2.75) is 51.9 Å². The molecule has 4 heteroatoms. The molecule has 0 atom stereocenters. The van der Waals surface area contributed by atoms with Gasteiger partial charge in [-0.05, 0) is 12.8 Å². The van der Waals surface area contributed by atoms with E-state index < -0.39 is 0 Å². The minimum Gasteiger partial charge on any atom is -0.177 e. The molecule has 1 heterocycles. The van der Waals surface area contributed by atoms with Gasteiger partial charge in [-0.25, -0.2) is 0 Å². The Morgan fingerprint density at radius 2 is 1.85 bits per heavy atom. The fraction of sp³-hybridized carbons (Fsp3) is 0.889. The van der Waals surface area contributed by atoms with Crippen molar-refractivity contribution in [2.75, 3.05) is 0 Å². The molecule has 0 spiro atoms. The molecule has 1 aromatic rings. The van der Waals surface area contributed by atoms with Crippen LogP contribution in [0.25, 0.3) is 0 Å². The monoisotopic (exact) mass is 182 g/mol. The lowest BCUT2D eigenvalue weighted by atomic mass is 9.81. The predicted octanol–water partition coefficient (Wildman–Crippen LogP) is 2.06. The van der Waals surface area contributed by atoms with Gasteiger partial charge in [0.2, 0.25) is 0 Å². The number of hydrogen-bond donors (Lipinski definition) is 1. The third-order valence-corrected chi connectivity index (χ3v) is 2.49. The van der Waals surface area contributed by atoms with Crippen LogP contribution >= 0.6 is 0 Å². The second kappa shape index (κ2) is 4.35. The first-order valence-electron chi connectivity index (χ1n) is 4.97. The minimum absolute atomic E-state index is 0.108. The molecule has 0 saturated carbocycles. The van der Waals surface area contributed by atoms with Crippen LogP contribution in [0.3, 0.4) is 0 Å². The Bertz CT molecular complexity index is 224. The molecule has 74 valence electrons. The van der Waals surface area contributed by atoms with Gasteiger partial charge in [-0.3, -0.25) is 0 Å². The van der Waals surface area contributed by atoms with E-state index in [1.54, 1.807) is 0 Å². The summed E-state index contributed by atoms with van der Waals surface area (Å²) in [5.74, 6) is 0.858. The molecule has 0 unspecified atom stereocenters. The van der Waals surface area contributed by atoms with E-state index in [4.69, 9.17) is 0 Å². The predicted molar refractivity (Wildman–Crippen MR) is 51.3 cm³/mol. The topological polar surface area (TPSA) is 54.5 Å². The Kier molecular flexibility index (Phi) is 3.39. The second-order valence-corrected chi connectivity index (χ2v) is 3.80. The van der Waals surface area contributed by atoms with E-state index in [0.29, 0.717) is 0 Å². The van der Waals surface area contributed by atoms with Gasteiger partial charge in [0.25, 0.3) is 0 Å². The summed E-state index contributed by atoms with van der Waals surface area (Å²) in [6.45, 7) is 6.59. The Hall–Kier alpha value is -0.930. The first-order valence-corrected chi connectivity index (χ1v) is 4.97. The van der Waals surface area contributed by atoms with Crippen LogP contribution in [0.15, 0.2) is 0 Å². The largest absolute Gasteiger partial charge is 0.180 e. The summed E-state index contributed by atoms with van der Waals surface area (Å²) >= 11 is 0. The molecule has 0 aromatic carbocycles. The molecule has 0 radical (unpaired) electrons. The number of tetrazole rings is 1. The van der Waals surface area contributed by atoms with Gasteiger partial charge in [0.1, 0.15) is 0 Å². The lowest BCUT2D eigenvalue weighted by Crippen LogP contribution is -2.23. The fourth-order valence-electron chi connectivity index (χ4n) is 1.87. The van der Waals surface area contributed by atoms with E-state index in [-0.39, 0.29) is 5.41 Å². The highest BCUT2D eigenvalue weighted by Gasteiger charge is 2.28. The second-order valence-electron chi connectivity index (χ2n) is 3.80. The third-order valence-electron chi connectivity index (χ3n) is 2.49. The summed E-state index contributed by atoms with van der Waals surface area (Å²) in [6, 6.07) is 0. The van der Waals surface area contributed by atoms with E-state index in [0.717, 1.165) is 31.5 Å². The summed E-state index contributed by atoms with van der Waals surface area (Å²) < 4.78 is 0. The maximum atomic E-state index is 4.08. The van der Waals surface area contributed by atoms with Crippen molar-refractivity contribution in [3.8, 4) is 0 Å². The standard InChI is InChI=1S/C9H18N4/c1-4-6-9(3,7-5-2)8-10-12-13-11-8/h4-7H2,1-3H3,(H,10,11,12,13). The highest BCUT2D eigenvalue weighted by molar-refractivity contribution is 5.01. The van der Waals surface area contributed by atoms with E-state index in [1.807, 2.05) is 0 Å². The Morgan fingerprint density at radius 3 is 2.23 bits per heavy atom. The molecule has 0 aliphatic heterocycles. The Balaban J connectivity index is 2.78. The normalized spacial score (nSPS) is 11.9. The molecule has 0 aliphatic rings. The molecule has 4 nitrogen and oxygen atoms in total. The van der Waals surface area contributed by atoms with E-state index in [1.165, 1.54) is 0 Å². The van der Waals surface area contributed by atoms with E-state index in [9.17, 15) is 0 Å². The number of rotatable bonds is 5. The van der Waals surface area contributed by atoms with Crippen molar-refractivity contribution in [3.63, 3.8) is 0 Å². The molecule has 1 rings (SSSR count). The zero-order valence-electron chi connectivity index (χ0n) is 8.67. The van der Waals surface area contributed by atoms with Gasteiger partial charge in [-0.2, -0.15) is 5.21 Å². The van der Waals surface area contributed by atoms with Crippen molar-refractivity contribution in [3.05, 3.63) is 5.82 Å². The number of hydrogen-bond acceptors (Lipinski definition) is 3. The molecule has 0 aliphatic carbocycles. The summed E-state index contributed by atoms with van der Waals surface area (Å²) in [5.41, 5.74) is 0.108. The van der Waals surface area contributed by atoms with Crippen molar-refractivity contribution < 1.29 is 0 Å². The highest BCUT2D eigenvalue weighted by Crippen LogP contribution is 2.30. The van der Waals surface area contributed by atoms with Crippen LogP contribution in [0.4, 0.5) is 0 Å². The smallest absolute Gasteiger partial charge is 0.177 e. The average Bonchev–Trinajstić information content (AvgIpc) is 2.57. The third kappa shape index (κ3) is 2.26. The van der Waals surface area contributed by atoms with E-state index >= 15 is 0 Å². The number of nitrogens with zero attached hydrogens (tertiary/aromatic N) is 3. The lowest BCUT2D eigenvalue weighted by Gasteiger charge is -2.24. The minimum atomic E-state index is 0.108.